The molecule has 16 heavy (non-hydrogen) atoms. The van der Waals surface area contributed by atoms with Gasteiger partial charge in [-0.3, -0.25) is 0 Å². The zero-order valence-electron chi connectivity index (χ0n) is 9.77. The van der Waals surface area contributed by atoms with Crippen molar-refractivity contribution in [2.75, 3.05) is 13.7 Å². The van der Waals surface area contributed by atoms with Crippen molar-refractivity contribution >= 4 is 0 Å². The molecule has 0 fully saturated rings. The minimum atomic E-state index is -0.608. The van der Waals surface area contributed by atoms with Crippen LogP contribution in [0.4, 0.5) is 0 Å². The first-order valence-corrected chi connectivity index (χ1v) is 5.73. The number of benzene rings is 1. The van der Waals surface area contributed by atoms with Crippen LogP contribution in [0.25, 0.3) is 0 Å². The number of rotatable bonds is 4. The highest BCUT2D eigenvalue weighted by Gasteiger charge is 2.25. The fourth-order valence-electron chi connectivity index (χ4n) is 2.19. The molecule has 1 N–H and O–H groups in total. The predicted octanol–water partition coefficient (Wildman–Crippen LogP) is 2.08. The quantitative estimate of drug-likeness (QED) is 0.847. The van der Waals surface area contributed by atoms with Gasteiger partial charge in [-0.05, 0) is 12.0 Å². The van der Waals surface area contributed by atoms with Gasteiger partial charge in [0.2, 0.25) is 0 Å². The van der Waals surface area contributed by atoms with Crippen molar-refractivity contribution < 1.29 is 14.6 Å². The zero-order chi connectivity index (χ0) is 11.5. The van der Waals surface area contributed by atoms with Gasteiger partial charge in [0.25, 0.3) is 0 Å². The second-order valence-electron chi connectivity index (χ2n) is 4.06. The van der Waals surface area contributed by atoms with Crippen LogP contribution in [-0.4, -0.2) is 24.9 Å². The van der Waals surface area contributed by atoms with E-state index in [1.807, 2.05) is 25.1 Å². The Kier molecular flexibility index (Phi) is 3.46. The molecule has 0 aliphatic carbocycles. The van der Waals surface area contributed by atoms with E-state index in [0.717, 1.165) is 24.2 Å². The number of hydrogen-bond acceptors (Lipinski definition) is 3. The maximum absolute atomic E-state index is 10.2. The Balaban J connectivity index is 2.30. The van der Waals surface area contributed by atoms with Crippen LogP contribution >= 0.6 is 0 Å². The Morgan fingerprint density at radius 3 is 3.00 bits per heavy atom. The highest BCUT2D eigenvalue weighted by molar-refractivity contribution is 5.45. The monoisotopic (exact) mass is 222 g/mol. The Labute approximate surface area is 96.0 Å². The van der Waals surface area contributed by atoms with Gasteiger partial charge in [-0.1, -0.05) is 25.1 Å². The van der Waals surface area contributed by atoms with E-state index in [1.54, 1.807) is 7.11 Å². The molecule has 0 spiro atoms. The van der Waals surface area contributed by atoms with Crippen molar-refractivity contribution in [3.63, 3.8) is 0 Å². The highest BCUT2D eigenvalue weighted by Crippen LogP contribution is 2.35. The number of aliphatic hydroxyl groups is 1. The highest BCUT2D eigenvalue weighted by atomic mass is 16.5. The first kappa shape index (κ1) is 11.4. The summed E-state index contributed by atoms with van der Waals surface area (Å²) in [5, 5.41) is 10.2. The lowest BCUT2D eigenvalue weighted by atomic mass is 9.99. The molecular formula is C13H18O3. The van der Waals surface area contributed by atoms with Gasteiger partial charge in [0.15, 0.2) is 0 Å². The van der Waals surface area contributed by atoms with E-state index in [9.17, 15) is 5.11 Å². The topological polar surface area (TPSA) is 38.7 Å². The summed E-state index contributed by atoms with van der Waals surface area (Å²) >= 11 is 0. The predicted molar refractivity (Wildman–Crippen MR) is 61.7 cm³/mol. The number of fused-ring (bicyclic) bond motifs is 1. The molecule has 1 aromatic rings. The second kappa shape index (κ2) is 4.85. The molecule has 0 aromatic heterocycles. The summed E-state index contributed by atoms with van der Waals surface area (Å²) in [7, 11) is 1.63. The first-order chi connectivity index (χ1) is 7.77. The summed E-state index contributed by atoms with van der Waals surface area (Å²) in [5.74, 6) is 0.852. The van der Waals surface area contributed by atoms with Crippen LogP contribution in [0, 0.1) is 0 Å². The fourth-order valence-corrected chi connectivity index (χ4v) is 2.19. The van der Waals surface area contributed by atoms with Gasteiger partial charge in [0, 0.05) is 19.1 Å². The third-order valence-corrected chi connectivity index (χ3v) is 3.12. The lowest BCUT2D eigenvalue weighted by Gasteiger charge is -2.22. The van der Waals surface area contributed by atoms with Gasteiger partial charge < -0.3 is 14.6 Å². The lowest BCUT2D eigenvalue weighted by Crippen LogP contribution is -2.20. The fraction of sp³-hybridized carbons (Fsp3) is 0.538. The third-order valence-electron chi connectivity index (χ3n) is 3.12. The molecule has 0 radical (unpaired) electrons. The smallest absolute Gasteiger partial charge is 0.128 e. The van der Waals surface area contributed by atoms with Crippen LogP contribution in [-0.2, 0) is 11.2 Å². The molecular weight excluding hydrogens is 204 g/mol. The number of para-hydroxylation sites is 1. The van der Waals surface area contributed by atoms with Crippen molar-refractivity contribution in [3.8, 4) is 5.75 Å². The standard InChI is InChI=1S/C13H18O3/c1-3-11(15-2)12(14)10-6-4-5-9-7-8-16-13(9)10/h4-6,11-12,14H,3,7-8H2,1-2H3. The van der Waals surface area contributed by atoms with Crippen LogP contribution in [0.2, 0.25) is 0 Å². The molecule has 3 heteroatoms. The van der Waals surface area contributed by atoms with Gasteiger partial charge in [-0.15, -0.1) is 0 Å². The van der Waals surface area contributed by atoms with E-state index in [-0.39, 0.29) is 6.10 Å². The van der Waals surface area contributed by atoms with E-state index in [2.05, 4.69) is 0 Å². The maximum atomic E-state index is 10.2. The maximum Gasteiger partial charge on any atom is 0.128 e. The minimum Gasteiger partial charge on any atom is -0.493 e. The molecule has 1 aliphatic heterocycles. The van der Waals surface area contributed by atoms with Gasteiger partial charge >= 0.3 is 0 Å². The Hall–Kier alpha value is -1.06. The summed E-state index contributed by atoms with van der Waals surface area (Å²) < 4.78 is 10.8. The van der Waals surface area contributed by atoms with Gasteiger partial charge in [-0.25, -0.2) is 0 Å². The van der Waals surface area contributed by atoms with Gasteiger partial charge in [-0.2, -0.15) is 0 Å². The van der Waals surface area contributed by atoms with E-state index in [4.69, 9.17) is 9.47 Å². The molecule has 88 valence electrons. The van der Waals surface area contributed by atoms with Crippen LogP contribution in [0.1, 0.15) is 30.6 Å². The van der Waals surface area contributed by atoms with Crippen LogP contribution in [0.3, 0.4) is 0 Å². The molecule has 0 amide bonds. The average molecular weight is 222 g/mol. The molecule has 0 saturated carbocycles. The molecule has 3 nitrogen and oxygen atoms in total. The molecule has 1 heterocycles. The van der Waals surface area contributed by atoms with Crippen LogP contribution in [0.5, 0.6) is 5.75 Å². The number of aliphatic hydroxyl groups excluding tert-OH is 1. The molecule has 0 saturated heterocycles. The van der Waals surface area contributed by atoms with Gasteiger partial charge in [0.05, 0.1) is 12.7 Å². The Bertz CT molecular complexity index is 358. The first-order valence-electron chi connectivity index (χ1n) is 5.73. The van der Waals surface area contributed by atoms with Crippen LogP contribution in [0.15, 0.2) is 18.2 Å². The third kappa shape index (κ3) is 1.93. The van der Waals surface area contributed by atoms with E-state index in [1.165, 1.54) is 5.56 Å². The summed E-state index contributed by atoms with van der Waals surface area (Å²) in [6, 6.07) is 5.93. The van der Waals surface area contributed by atoms with E-state index >= 15 is 0 Å². The number of ether oxygens (including phenoxy) is 2. The molecule has 2 unspecified atom stereocenters. The molecule has 1 aromatic carbocycles. The van der Waals surface area contributed by atoms with Crippen molar-refractivity contribution in [1.82, 2.24) is 0 Å². The average Bonchev–Trinajstić information content (AvgIpc) is 2.78. The minimum absolute atomic E-state index is 0.171. The van der Waals surface area contributed by atoms with E-state index in [0.29, 0.717) is 6.61 Å². The number of hydrogen-bond donors (Lipinski definition) is 1. The molecule has 2 rings (SSSR count). The molecule has 0 bridgehead atoms. The number of methoxy groups -OCH3 is 1. The summed E-state index contributed by atoms with van der Waals surface area (Å²) in [5.41, 5.74) is 2.03. The summed E-state index contributed by atoms with van der Waals surface area (Å²) in [4.78, 5) is 0. The molecule has 2 atom stereocenters. The largest absolute Gasteiger partial charge is 0.493 e. The molecule has 1 aliphatic rings. The lowest BCUT2D eigenvalue weighted by molar-refractivity contribution is -0.0158. The van der Waals surface area contributed by atoms with E-state index < -0.39 is 6.10 Å². The normalized spacial score (nSPS) is 17.7. The summed E-state index contributed by atoms with van der Waals surface area (Å²) in [6.45, 7) is 2.71. The zero-order valence-corrected chi connectivity index (χ0v) is 9.77. The summed E-state index contributed by atoms with van der Waals surface area (Å²) in [6.07, 6.45) is 0.930. The SMILES string of the molecule is CCC(OC)C(O)c1cccc2c1OCC2. The van der Waals surface area contributed by atoms with Crippen molar-refractivity contribution in [1.29, 1.82) is 0 Å². The Morgan fingerprint density at radius 2 is 2.31 bits per heavy atom. The van der Waals surface area contributed by atoms with Crippen molar-refractivity contribution in [3.05, 3.63) is 29.3 Å². The van der Waals surface area contributed by atoms with Crippen LogP contribution < -0.4 is 4.74 Å². The van der Waals surface area contributed by atoms with Crippen molar-refractivity contribution in [2.45, 2.75) is 32.0 Å². The van der Waals surface area contributed by atoms with Crippen molar-refractivity contribution in [2.24, 2.45) is 0 Å². The van der Waals surface area contributed by atoms with Gasteiger partial charge in [0.1, 0.15) is 11.9 Å². The second-order valence-corrected chi connectivity index (χ2v) is 4.06. The Morgan fingerprint density at radius 1 is 1.50 bits per heavy atom.